The van der Waals surface area contributed by atoms with Gasteiger partial charge >= 0.3 is 17.9 Å². The first-order valence-corrected chi connectivity index (χ1v) is 10.6. The third kappa shape index (κ3) is 3.75. The molecule has 5 rings (SSSR count). The SMILES string of the molecule is COC(=O)CCNc1ccc(C2=c3cc4c(cc3OC2=O)=C(c2ccc(N)cc2)C(=O)O4)cc1. The summed E-state index contributed by atoms with van der Waals surface area (Å²) >= 11 is 0. The molecular formula is C26H20N2O6. The average Bonchev–Trinajstić information content (AvgIpc) is 3.32. The number of methoxy groups -OCH3 is 1. The summed E-state index contributed by atoms with van der Waals surface area (Å²) in [6, 6.07) is 17.4. The van der Waals surface area contributed by atoms with Crippen molar-refractivity contribution in [3.05, 3.63) is 82.2 Å². The second-order valence-corrected chi connectivity index (χ2v) is 7.83. The fraction of sp³-hybridized carbons (Fsp3) is 0.115. The number of hydrogen-bond acceptors (Lipinski definition) is 8. The summed E-state index contributed by atoms with van der Waals surface area (Å²) in [7, 11) is 1.35. The highest BCUT2D eigenvalue weighted by Crippen LogP contribution is 2.27. The molecule has 3 N–H and O–H groups in total. The van der Waals surface area contributed by atoms with Crippen molar-refractivity contribution in [2.45, 2.75) is 6.42 Å². The predicted octanol–water partition coefficient (Wildman–Crippen LogP) is 1.48. The van der Waals surface area contributed by atoms with Gasteiger partial charge in [-0.05, 0) is 47.5 Å². The fourth-order valence-electron chi connectivity index (χ4n) is 4.00. The minimum Gasteiger partial charge on any atom is -0.469 e. The van der Waals surface area contributed by atoms with Crippen molar-refractivity contribution in [1.82, 2.24) is 0 Å². The van der Waals surface area contributed by atoms with Crippen LogP contribution in [0.3, 0.4) is 0 Å². The number of carbonyl (C=O) groups is 3. The van der Waals surface area contributed by atoms with Crippen LogP contribution in [-0.4, -0.2) is 31.6 Å². The second kappa shape index (κ2) is 8.40. The summed E-state index contributed by atoms with van der Waals surface area (Å²) in [5.41, 5.74) is 9.25. The van der Waals surface area contributed by atoms with E-state index >= 15 is 0 Å². The van der Waals surface area contributed by atoms with E-state index in [0.29, 0.717) is 56.4 Å². The topological polar surface area (TPSA) is 117 Å². The Bertz CT molecular complexity index is 1460. The zero-order valence-corrected chi connectivity index (χ0v) is 18.2. The number of fused-ring (bicyclic) bond motifs is 2. The zero-order chi connectivity index (χ0) is 23.8. The number of nitrogens with one attached hydrogen (secondary N) is 1. The van der Waals surface area contributed by atoms with Gasteiger partial charge in [-0.3, -0.25) is 4.79 Å². The lowest BCUT2D eigenvalue weighted by molar-refractivity contribution is -0.140. The van der Waals surface area contributed by atoms with Gasteiger partial charge in [-0.25, -0.2) is 9.59 Å². The molecule has 3 aromatic carbocycles. The summed E-state index contributed by atoms with van der Waals surface area (Å²) in [5, 5.41) is 4.25. The van der Waals surface area contributed by atoms with Crippen LogP contribution in [0.15, 0.2) is 60.7 Å². The fourth-order valence-corrected chi connectivity index (χ4v) is 4.00. The van der Waals surface area contributed by atoms with Crippen molar-refractivity contribution >= 4 is 40.4 Å². The first-order chi connectivity index (χ1) is 16.4. The number of carbonyl (C=O) groups excluding carboxylic acids is 3. The number of nitrogen functional groups attached to an aromatic ring is 1. The van der Waals surface area contributed by atoms with Crippen molar-refractivity contribution in [3.8, 4) is 11.5 Å². The van der Waals surface area contributed by atoms with E-state index in [1.165, 1.54) is 7.11 Å². The molecule has 0 spiro atoms. The monoisotopic (exact) mass is 456 g/mol. The Morgan fingerprint density at radius 2 is 1.35 bits per heavy atom. The number of esters is 3. The maximum Gasteiger partial charge on any atom is 0.344 e. The van der Waals surface area contributed by atoms with E-state index in [1.807, 2.05) is 12.1 Å². The third-order valence-corrected chi connectivity index (χ3v) is 5.69. The molecule has 0 radical (unpaired) electrons. The van der Waals surface area contributed by atoms with Gasteiger partial charge in [-0.1, -0.05) is 24.3 Å². The molecule has 2 aliphatic heterocycles. The predicted molar refractivity (Wildman–Crippen MR) is 124 cm³/mol. The molecule has 0 amide bonds. The van der Waals surface area contributed by atoms with E-state index in [2.05, 4.69) is 10.1 Å². The molecular weight excluding hydrogens is 436 g/mol. The minimum absolute atomic E-state index is 0.245. The quantitative estimate of drug-likeness (QED) is 0.326. The summed E-state index contributed by atoms with van der Waals surface area (Å²) in [6.07, 6.45) is 0.245. The summed E-state index contributed by atoms with van der Waals surface area (Å²) in [6.45, 7) is 0.428. The maximum absolute atomic E-state index is 12.7. The molecule has 0 unspecified atom stereocenters. The zero-order valence-electron chi connectivity index (χ0n) is 18.2. The lowest BCUT2D eigenvalue weighted by atomic mass is 10.0. The van der Waals surface area contributed by atoms with Crippen LogP contribution in [0.4, 0.5) is 11.4 Å². The van der Waals surface area contributed by atoms with Gasteiger partial charge in [-0.15, -0.1) is 0 Å². The van der Waals surface area contributed by atoms with Gasteiger partial charge in [0.05, 0.1) is 24.7 Å². The van der Waals surface area contributed by atoms with Crippen LogP contribution in [0.1, 0.15) is 17.5 Å². The smallest absolute Gasteiger partial charge is 0.344 e. The Balaban J connectivity index is 1.51. The summed E-state index contributed by atoms with van der Waals surface area (Å²) in [4.78, 5) is 36.6. The molecule has 8 nitrogen and oxygen atoms in total. The first kappa shape index (κ1) is 21.3. The maximum atomic E-state index is 12.7. The highest BCUT2D eigenvalue weighted by atomic mass is 16.5. The molecule has 170 valence electrons. The van der Waals surface area contributed by atoms with Gasteiger partial charge in [-0.2, -0.15) is 0 Å². The van der Waals surface area contributed by atoms with Crippen LogP contribution in [0.2, 0.25) is 0 Å². The standard InChI is InChI=1S/C26H20N2O6/c1-32-22(29)10-11-28-17-8-4-15(5-9-17)24-19-13-20-18(12-21(19)34-26(24)31)23(25(30)33-20)14-2-6-16(27)7-3-14/h2-9,12-13,28H,10-11,27H2,1H3. The molecule has 0 aliphatic carbocycles. The second-order valence-electron chi connectivity index (χ2n) is 7.83. The Kier molecular flexibility index (Phi) is 5.25. The van der Waals surface area contributed by atoms with E-state index in [1.54, 1.807) is 48.5 Å². The van der Waals surface area contributed by atoms with Crippen molar-refractivity contribution in [2.24, 2.45) is 0 Å². The highest BCUT2D eigenvalue weighted by molar-refractivity contribution is 6.21. The molecule has 2 heterocycles. The van der Waals surface area contributed by atoms with E-state index in [0.717, 1.165) is 5.69 Å². The number of nitrogens with two attached hydrogens (primary N) is 1. The van der Waals surface area contributed by atoms with Crippen LogP contribution in [0, 0.1) is 0 Å². The van der Waals surface area contributed by atoms with Crippen molar-refractivity contribution in [3.63, 3.8) is 0 Å². The number of ether oxygens (including phenoxy) is 3. The van der Waals surface area contributed by atoms with Gasteiger partial charge in [0.1, 0.15) is 11.5 Å². The van der Waals surface area contributed by atoms with Crippen LogP contribution in [-0.2, 0) is 19.1 Å². The van der Waals surface area contributed by atoms with Gasteiger partial charge < -0.3 is 25.3 Å². The molecule has 34 heavy (non-hydrogen) atoms. The van der Waals surface area contributed by atoms with E-state index in [-0.39, 0.29) is 12.4 Å². The largest absolute Gasteiger partial charge is 0.469 e. The Morgan fingerprint density at radius 1 is 0.853 bits per heavy atom. The van der Waals surface area contributed by atoms with Crippen molar-refractivity contribution < 1.29 is 28.6 Å². The van der Waals surface area contributed by atoms with Crippen LogP contribution in [0.5, 0.6) is 11.5 Å². The third-order valence-electron chi connectivity index (χ3n) is 5.69. The minimum atomic E-state index is -0.481. The average molecular weight is 456 g/mol. The molecule has 2 aliphatic rings. The number of rotatable bonds is 6. The number of anilines is 2. The molecule has 3 aromatic rings. The Labute approximate surface area is 194 Å². The van der Waals surface area contributed by atoms with Crippen LogP contribution >= 0.6 is 0 Å². The molecule has 8 heteroatoms. The van der Waals surface area contributed by atoms with Gasteiger partial charge in [0.2, 0.25) is 0 Å². The summed E-state index contributed by atoms with van der Waals surface area (Å²) < 4.78 is 15.7. The van der Waals surface area contributed by atoms with Crippen LogP contribution in [0.25, 0.3) is 11.1 Å². The summed E-state index contributed by atoms with van der Waals surface area (Å²) in [5.74, 6) is -0.517. The van der Waals surface area contributed by atoms with Crippen molar-refractivity contribution in [2.75, 3.05) is 24.7 Å². The first-order valence-electron chi connectivity index (χ1n) is 10.6. The molecule has 0 bridgehead atoms. The van der Waals surface area contributed by atoms with Crippen LogP contribution < -0.4 is 31.0 Å². The van der Waals surface area contributed by atoms with E-state index in [4.69, 9.17) is 15.2 Å². The number of hydrogen-bond donors (Lipinski definition) is 2. The highest BCUT2D eigenvalue weighted by Gasteiger charge is 2.30. The molecule has 0 aromatic heterocycles. The normalized spacial score (nSPS) is 13.8. The van der Waals surface area contributed by atoms with E-state index in [9.17, 15) is 14.4 Å². The molecule has 0 fully saturated rings. The van der Waals surface area contributed by atoms with Crippen molar-refractivity contribution in [1.29, 1.82) is 0 Å². The van der Waals surface area contributed by atoms with Gasteiger partial charge in [0, 0.05) is 28.4 Å². The number of benzene rings is 3. The lowest BCUT2D eigenvalue weighted by Gasteiger charge is -2.07. The Hall–Kier alpha value is -4.59. The van der Waals surface area contributed by atoms with E-state index < -0.39 is 11.9 Å². The van der Waals surface area contributed by atoms with Gasteiger partial charge in [0.25, 0.3) is 0 Å². The Morgan fingerprint density at radius 3 is 1.85 bits per heavy atom. The molecule has 0 atom stereocenters. The molecule has 0 saturated heterocycles. The lowest BCUT2D eigenvalue weighted by Crippen LogP contribution is -2.11. The van der Waals surface area contributed by atoms with Gasteiger partial charge in [0.15, 0.2) is 0 Å². The molecule has 0 saturated carbocycles.